The van der Waals surface area contributed by atoms with Crippen LogP contribution in [0.2, 0.25) is 0 Å². The highest BCUT2D eigenvalue weighted by Gasteiger charge is 2.24. The molecular weight excluding hydrogens is 226 g/mol. The lowest BCUT2D eigenvalue weighted by atomic mass is 10.2. The quantitative estimate of drug-likeness (QED) is 0.802. The van der Waals surface area contributed by atoms with Crippen LogP contribution in [0.4, 0.5) is 5.82 Å². The van der Waals surface area contributed by atoms with Gasteiger partial charge in [0.25, 0.3) is 0 Å². The molecule has 1 fully saturated rings. The lowest BCUT2D eigenvalue weighted by molar-refractivity contribution is 0.531. The average Bonchev–Trinajstić information content (AvgIpc) is 3.02. The molecule has 1 aromatic rings. The Kier molecular flexibility index (Phi) is 4.99. The summed E-state index contributed by atoms with van der Waals surface area (Å²) < 4.78 is 2.04. The molecule has 0 aromatic carbocycles. The Morgan fingerprint density at radius 2 is 2.22 bits per heavy atom. The zero-order valence-electron chi connectivity index (χ0n) is 11.4. The number of nitrogens with zero attached hydrogens (tertiary/aromatic N) is 4. The van der Waals surface area contributed by atoms with Crippen LogP contribution in [0.25, 0.3) is 0 Å². The second-order valence-electron chi connectivity index (χ2n) is 5.09. The summed E-state index contributed by atoms with van der Waals surface area (Å²) in [6.07, 6.45) is 9.31. The highest BCUT2D eigenvalue weighted by Crippen LogP contribution is 2.27. The molecule has 5 heteroatoms. The van der Waals surface area contributed by atoms with Gasteiger partial charge >= 0.3 is 0 Å². The van der Waals surface area contributed by atoms with Crippen molar-refractivity contribution in [2.75, 3.05) is 18.0 Å². The van der Waals surface area contributed by atoms with Gasteiger partial charge < -0.3 is 10.6 Å². The van der Waals surface area contributed by atoms with Crippen LogP contribution in [0.1, 0.15) is 45.4 Å². The van der Waals surface area contributed by atoms with Crippen LogP contribution in [-0.4, -0.2) is 34.1 Å². The highest BCUT2D eigenvalue weighted by molar-refractivity contribution is 5.38. The largest absolute Gasteiger partial charge is 0.352 e. The molecular formula is C13H25N5. The summed E-state index contributed by atoms with van der Waals surface area (Å²) in [6, 6.07) is 0.658. The van der Waals surface area contributed by atoms with Crippen molar-refractivity contribution in [2.45, 2.75) is 58.0 Å². The summed E-state index contributed by atoms with van der Waals surface area (Å²) in [7, 11) is 0. The van der Waals surface area contributed by atoms with E-state index < -0.39 is 0 Å². The van der Waals surface area contributed by atoms with Crippen LogP contribution in [0, 0.1) is 0 Å². The van der Waals surface area contributed by atoms with Crippen LogP contribution >= 0.6 is 0 Å². The zero-order chi connectivity index (χ0) is 12.8. The van der Waals surface area contributed by atoms with Crippen LogP contribution in [-0.2, 0) is 6.54 Å². The van der Waals surface area contributed by atoms with Gasteiger partial charge in [-0.3, -0.25) is 0 Å². The van der Waals surface area contributed by atoms with Crippen LogP contribution < -0.4 is 10.6 Å². The molecule has 5 nitrogen and oxygen atoms in total. The Hall–Kier alpha value is -1.10. The molecule has 0 radical (unpaired) electrons. The summed E-state index contributed by atoms with van der Waals surface area (Å²) in [5.41, 5.74) is 5.66. The van der Waals surface area contributed by atoms with E-state index in [1.807, 2.05) is 10.9 Å². The van der Waals surface area contributed by atoms with Crippen molar-refractivity contribution >= 4 is 5.82 Å². The Morgan fingerprint density at radius 1 is 1.44 bits per heavy atom. The fourth-order valence-electron chi connectivity index (χ4n) is 2.81. The maximum atomic E-state index is 5.66. The van der Waals surface area contributed by atoms with Crippen molar-refractivity contribution in [3.05, 3.63) is 6.20 Å². The monoisotopic (exact) mass is 251 g/mol. The van der Waals surface area contributed by atoms with E-state index in [-0.39, 0.29) is 0 Å². The Bertz CT molecular complexity index is 343. The van der Waals surface area contributed by atoms with Gasteiger partial charge in [0.1, 0.15) is 5.82 Å². The summed E-state index contributed by atoms with van der Waals surface area (Å²) in [6.45, 7) is 4.89. The molecule has 0 atom stereocenters. The molecule has 0 unspecified atom stereocenters. The fraction of sp³-hybridized carbons (Fsp3) is 0.846. The SMILES string of the molecule is CCCn1nncc1N(CCCN)C1CCCC1. The molecule has 0 bridgehead atoms. The van der Waals surface area contributed by atoms with Gasteiger partial charge in [0.2, 0.25) is 0 Å². The van der Waals surface area contributed by atoms with Crippen molar-refractivity contribution in [1.82, 2.24) is 15.0 Å². The lowest BCUT2D eigenvalue weighted by Crippen LogP contribution is -2.36. The van der Waals surface area contributed by atoms with Crippen molar-refractivity contribution in [2.24, 2.45) is 5.73 Å². The molecule has 0 aliphatic heterocycles. The van der Waals surface area contributed by atoms with Crippen LogP contribution in [0.3, 0.4) is 0 Å². The predicted octanol–water partition coefficient (Wildman–Crippen LogP) is 1.79. The first-order valence-corrected chi connectivity index (χ1v) is 7.22. The normalized spacial score (nSPS) is 16.3. The topological polar surface area (TPSA) is 60.0 Å². The Balaban J connectivity index is 2.12. The molecule has 18 heavy (non-hydrogen) atoms. The van der Waals surface area contributed by atoms with E-state index in [4.69, 9.17) is 5.73 Å². The van der Waals surface area contributed by atoms with Gasteiger partial charge in [-0.25, -0.2) is 4.68 Å². The molecule has 1 aliphatic rings. The minimum absolute atomic E-state index is 0.658. The van der Waals surface area contributed by atoms with E-state index in [0.29, 0.717) is 6.04 Å². The van der Waals surface area contributed by atoms with Crippen LogP contribution in [0.5, 0.6) is 0 Å². The molecule has 102 valence electrons. The first-order valence-electron chi connectivity index (χ1n) is 7.22. The molecule has 2 rings (SSSR count). The summed E-state index contributed by atoms with van der Waals surface area (Å²) in [5.74, 6) is 1.18. The van der Waals surface area contributed by atoms with Gasteiger partial charge in [-0.2, -0.15) is 0 Å². The molecule has 0 amide bonds. The molecule has 2 N–H and O–H groups in total. The van der Waals surface area contributed by atoms with E-state index in [2.05, 4.69) is 22.1 Å². The maximum Gasteiger partial charge on any atom is 0.147 e. The van der Waals surface area contributed by atoms with Gasteiger partial charge in [-0.15, -0.1) is 5.10 Å². The van der Waals surface area contributed by atoms with Gasteiger partial charge in [0.05, 0.1) is 6.20 Å². The number of hydrogen-bond donors (Lipinski definition) is 1. The second-order valence-corrected chi connectivity index (χ2v) is 5.09. The smallest absolute Gasteiger partial charge is 0.147 e. The van der Waals surface area contributed by atoms with Gasteiger partial charge in [0, 0.05) is 19.1 Å². The predicted molar refractivity (Wildman–Crippen MR) is 73.6 cm³/mol. The average molecular weight is 251 g/mol. The van der Waals surface area contributed by atoms with Gasteiger partial charge in [-0.1, -0.05) is 25.0 Å². The molecule has 0 spiro atoms. The number of aryl methyl sites for hydroxylation is 1. The maximum absolute atomic E-state index is 5.66. The van der Waals surface area contributed by atoms with Crippen molar-refractivity contribution in [3.8, 4) is 0 Å². The number of nitrogens with two attached hydrogens (primary N) is 1. The number of anilines is 1. The van der Waals surface area contributed by atoms with Crippen molar-refractivity contribution in [3.63, 3.8) is 0 Å². The minimum Gasteiger partial charge on any atom is -0.352 e. The molecule has 0 saturated heterocycles. The minimum atomic E-state index is 0.658. The zero-order valence-corrected chi connectivity index (χ0v) is 11.4. The standard InChI is InChI=1S/C13H25N5/c1-2-9-18-13(11-15-16-18)17(10-5-8-14)12-6-3-4-7-12/h11-12H,2-10,14H2,1H3. The third-order valence-corrected chi connectivity index (χ3v) is 3.70. The van der Waals surface area contributed by atoms with Gasteiger partial charge in [0.15, 0.2) is 0 Å². The number of rotatable bonds is 7. The lowest BCUT2D eigenvalue weighted by Gasteiger charge is -2.30. The number of aromatic nitrogens is 3. The van der Waals surface area contributed by atoms with Crippen molar-refractivity contribution in [1.29, 1.82) is 0 Å². The first-order chi connectivity index (χ1) is 8.86. The Morgan fingerprint density at radius 3 is 2.89 bits per heavy atom. The fourth-order valence-corrected chi connectivity index (χ4v) is 2.81. The molecule has 1 aliphatic carbocycles. The second kappa shape index (κ2) is 6.73. The summed E-state index contributed by atoms with van der Waals surface area (Å²) in [4.78, 5) is 2.48. The Labute approximate surface area is 109 Å². The van der Waals surface area contributed by atoms with E-state index >= 15 is 0 Å². The number of hydrogen-bond acceptors (Lipinski definition) is 4. The first kappa shape index (κ1) is 13.3. The van der Waals surface area contributed by atoms with E-state index in [1.54, 1.807) is 0 Å². The third kappa shape index (κ3) is 3.02. The van der Waals surface area contributed by atoms with E-state index in [9.17, 15) is 0 Å². The van der Waals surface area contributed by atoms with Crippen molar-refractivity contribution < 1.29 is 0 Å². The molecule has 1 heterocycles. The van der Waals surface area contributed by atoms with E-state index in [1.165, 1.54) is 31.5 Å². The third-order valence-electron chi connectivity index (χ3n) is 3.70. The molecule has 1 aromatic heterocycles. The van der Waals surface area contributed by atoms with E-state index in [0.717, 1.165) is 32.5 Å². The summed E-state index contributed by atoms with van der Waals surface area (Å²) >= 11 is 0. The van der Waals surface area contributed by atoms with Crippen LogP contribution in [0.15, 0.2) is 6.20 Å². The molecule has 1 saturated carbocycles. The van der Waals surface area contributed by atoms with Gasteiger partial charge in [-0.05, 0) is 32.2 Å². The summed E-state index contributed by atoms with van der Waals surface area (Å²) in [5, 5.41) is 8.28. The highest BCUT2D eigenvalue weighted by atomic mass is 15.5.